The van der Waals surface area contributed by atoms with Crippen molar-refractivity contribution < 1.29 is 17.3 Å². The number of aryl methyl sites for hydroxylation is 1. The Morgan fingerprint density at radius 2 is 2.17 bits per heavy atom. The molecule has 66 valence electrons. The van der Waals surface area contributed by atoms with Crippen molar-refractivity contribution in [2.45, 2.75) is 13.0 Å². The maximum atomic E-state index is 12.1. The summed E-state index contributed by atoms with van der Waals surface area (Å²) in [5.74, 6) is -0.621. The van der Waals surface area contributed by atoms with Gasteiger partial charge in [-0.25, -0.2) is 4.98 Å². The highest BCUT2D eigenvalue weighted by molar-refractivity contribution is 5.39. The number of hydrogen-bond acceptors (Lipinski definition) is 2. The minimum atomic E-state index is -4.62. The van der Waals surface area contributed by atoms with Crippen LogP contribution in [0.3, 0.4) is 0 Å². The van der Waals surface area contributed by atoms with Crippen molar-refractivity contribution in [1.29, 1.82) is 0 Å². The normalized spacial score (nSPS) is 16.4. The van der Waals surface area contributed by atoms with E-state index in [2.05, 4.69) is 4.98 Å². The van der Waals surface area contributed by atoms with Crippen LogP contribution in [0, 0.1) is 6.85 Å². The second kappa shape index (κ2) is 2.66. The zero-order valence-corrected chi connectivity index (χ0v) is 5.81. The second-order valence-corrected chi connectivity index (χ2v) is 2.13. The lowest BCUT2D eigenvalue weighted by Crippen LogP contribution is -2.09. The van der Waals surface area contributed by atoms with Crippen LogP contribution < -0.4 is 5.73 Å². The van der Waals surface area contributed by atoms with E-state index in [1.165, 1.54) is 0 Å². The van der Waals surface area contributed by atoms with Crippen molar-refractivity contribution in [3.63, 3.8) is 0 Å². The summed E-state index contributed by atoms with van der Waals surface area (Å²) in [6.45, 7) is -2.55. The van der Waals surface area contributed by atoms with Crippen molar-refractivity contribution in [3.05, 3.63) is 23.4 Å². The molecule has 0 fully saturated rings. The highest BCUT2D eigenvalue weighted by Gasteiger charge is 2.32. The van der Waals surface area contributed by atoms with Crippen LogP contribution in [0.25, 0.3) is 0 Å². The summed E-state index contributed by atoms with van der Waals surface area (Å²) in [6, 6.07) is 1.41. The first-order chi connectivity index (χ1) is 6.62. The molecule has 0 spiro atoms. The zero-order valence-electron chi connectivity index (χ0n) is 8.81. The van der Waals surface area contributed by atoms with Gasteiger partial charge in [-0.15, -0.1) is 0 Å². The minimum Gasteiger partial charge on any atom is -0.383 e. The molecule has 2 N–H and O–H groups in total. The lowest BCUT2D eigenvalue weighted by Gasteiger charge is -2.06. The second-order valence-electron chi connectivity index (χ2n) is 2.13. The van der Waals surface area contributed by atoms with Gasteiger partial charge in [-0.2, -0.15) is 13.2 Å². The van der Waals surface area contributed by atoms with Crippen LogP contribution in [0.4, 0.5) is 19.0 Å². The molecule has 0 aliphatic heterocycles. The van der Waals surface area contributed by atoms with E-state index in [1.807, 2.05) is 0 Å². The van der Waals surface area contributed by atoms with Crippen LogP contribution in [-0.2, 0) is 6.18 Å². The van der Waals surface area contributed by atoms with Gasteiger partial charge in [-0.1, -0.05) is 6.07 Å². The molecule has 5 heteroatoms. The molecule has 2 nitrogen and oxygen atoms in total. The number of hydrogen-bond donors (Lipinski definition) is 1. The molecule has 0 bridgehead atoms. The molecule has 0 unspecified atom stereocenters. The Balaban J connectivity index is 3.21. The largest absolute Gasteiger partial charge is 0.433 e. The summed E-state index contributed by atoms with van der Waals surface area (Å²) in [4.78, 5) is 3.00. The number of nitrogen functional groups attached to an aromatic ring is 1. The Hall–Kier alpha value is -1.26. The number of halogens is 3. The van der Waals surface area contributed by atoms with Crippen LogP contribution in [0.15, 0.2) is 12.1 Å². The van der Waals surface area contributed by atoms with Crippen molar-refractivity contribution >= 4 is 5.82 Å². The molecule has 1 aromatic heterocycles. The first kappa shape index (κ1) is 5.40. The van der Waals surface area contributed by atoms with Crippen LogP contribution in [-0.4, -0.2) is 4.98 Å². The molecular weight excluding hydrogens is 169 g/mol. The van der Waals surface area contributed by atoms with Crippen molar-refractivity contribution in [1.82, 2.24) is 4.98 Å². The van der Waals surface area contributed by atoms with Crippen molar-refractivity contribution in [2.75, 3.05) is 5.73 Å². The van der Waals surface area contributed by atoms with Gasteiger partial charge in [0.15, 0.2) is 0 Å². The van der Waals surface area contributed by atoms with Gasteiger partial charge in [-0.05, 0) is 18.5 Å². The summed E-state index contributed by atoms with van der Waals surface area (Å²) < 4.78 is 57.3. The monoisotopic (exact) mass is 179 g/mol. The molecule has 1 heterocycles. The minimum absolute atomic E-state index is 0.379. The number of nitrogens with two attached hydrogens (primary N) is 1. The summed E-state index contributed by atoms with van der Waals surface area (Å²) in [7, 11) is 0. The van der Waals surface area contributed by atoms with E-state index in [-0.39, 0.29) is 5.56 Å². The third-order valence-electron chi connectivity index (χ3n) is 1.22. The number of alkyl halides is 3. The summed E-state index contributed by atoms with van der Waals surface area (Å²) in [6.07, 6.45) is -4.62. The van der Waals surface area contributed by atoms with E-state index in [4.69, 9.17) is 9.85 Å². The van der Waals surface area contributed by atoms with Gasteiger partial charge in [0.2, 0.25) is 0 Å². The molecule has 0 aromatic carbocycles. The third kappa shape index (κ3) is 1.66. The van der Waals surface area contributed by atoms with Crippen molar-refractivity contribution in [2.24, 2.45) is 0 Å². The number of nitrogens with zero attached hydrogens (tertiary/aromatic N) is 1. The quantitative estimate of drug-likeness (QED) is 0.661. The first-order valence-electron chi connectivity index (χ1n) is 4.46. The molecule has 0 aliphatic carbocycles. The predicted octanol–water partition coefficient (Wildman–Crippen LogP) is 1.99. The van der Waals surface area contributed by atoms with Gasteiger partial charge >= 0.3 is 6.18 Å². The number of anilines is 1. The van der Waals surface area contributed by atoms with Gasteiger partial charge < -0.3 is 5.73 Å². The number of pyridine rings is 1. The fraction of sp³-hybridized carbons (Fsp3) is 0.286. The maximum absolute atomic E-state index is 12.1. The fourth-order valence-electron chi connectivity index (χ4n) is 0.633. The van der Waals surface area contributed by atoms with E-state index >= 15 is 0 Å². The average molecular weight is 179 g/mol. The number of aromatic nitrogens is 1. The van der Waals surface area contributed by atoms with Crippen LogP contribution in [0.1, 0.15) is 15.4 Å². The van der Waals surface area contributed by atoms with Crippen LogP contribution >= 0.6 is 0 Å². The smallest absolute Gasteiger partial charge is 0.383 e. The molecule has 1 rings (SSSR count). The molecule has 0 amide bonds. The molecule has 0 atom stereocenters. The van der Waals surface area contributed by atoms with Gasteiger partial charge in [0.1, 0.15) is 11.5 Å². The molecule has 0 radical (unpaired) electrons. The summed E-state index contributed by atoms with van der Waals surface area (Å²) in [5, 5.41) is 0. The Kier molecular flexibility index (Phi) is 1.19. The molecule has 12 heavy (non-hydrogen) atoms. The van der Waals surface area contributed by atoms with Crippen LogP contribution in [0.2, 0.25) is 0 Å². The molecule has 0 saturated heterocycles. The lowest BCUT2D eigenvalue weighted by molar-refractivity contribution is -0.141. The topological polar surface area (TPSA) is 38.9 Å². The van der Waals surface area contributed by atoms with E-state index in [0.29, 0.717) is 6.07 Å². The lowest BCUT2D eigenvalue weighted by atomic mass is 10.2. The Bertz CT molecular complexity index is 373. The average Bonchev–Trinajstić information content (AvgIpc) is 1.99. The summed E-state index contributed by atoms with van der Waals surface area (Å²) >= 11 is 0. The Morgan fingerprint density at radius 3 is 2.58 bits per heavy atom. The first-order valence-corrected chi connectivity index (χ1v) is 2.96. The predicted molar refractivity (Wildman–Crippen MR) is 38.4 cm³/mol. The Morgan fingerprint density at radius 1 is 1.50 bits per heavy atom. The van der Waals surface area contributed by atoms with E-state index in [9.17, 15) is 13.2 Å². The van der Waals surface area contributed by atoms with Gasteiger partial charge in [0, 0.05) is 4.11 Å². The molecule has 0 saturated carbocycles. The maximum Gasteiger partial charge on any atom is 0.433 e. The fourth-order valence-corrected chi connectivity index (χ4v) is 0.633. The van der Waals surface area contributed by atoms with Gasteiger partial charge in [-0.3, -0.25) is 0 Å². The molecule has 1 aromatic rings. The Labute approximate surface area is 71.4 Å². The highest BCUT2D eigenvalue weighted by atomic mass is 19.4. The zero-order chi connectivity index (χ0) is 11.9. The SMILES string of the molecule is [2H]C([2H])([2H])c1ccc(C(F)(F)F)nc1N. The molecule has 0 aliphatic rings. The molecular formula is C7H7F3N2. The standard InChI is InChI=1S/C7H7F3N2/c1-4-2-3-5(7(8,9)10)12-6(4)11/h2-3H,1H3,(H2,11,12)/i1D3. The number of rotatable bonds is 0. The van der Waals surface area contributed by atoms with E-state index in [0.717, 1.165) is 6.07 Å². The van der Waals surface area contributed by atoms with E-state index < -0.39 is 24.5 Å². The van der Waals surface area contributed by atoms with E-state index in [1.54, 1.807) is 0 Å². The van der Waals surface area contributed by atoms with Gasteiger partial charge in [0.25, 0.3) is 0 Å². The highest BCUT2D eigenvalue weighted by Crippen LogP contribution is 2.28. The van der Waals surface area contributed by atoms with Crippen molar-refractivity contribution in [3.8, 4) is 0 Å². The third-order valence-corrected chi connectivity index (χ3v) is 1.22. The van der Waals surface area contributed by atoms with Gasteiger partial charge in [0.05, 0.1) is 0 Å². The summed E-state index contributed by atoms with van der Waals surface area (Å²) in [5.41, 5.74) is 3.55. The van der Waals surface area contributed by atoms with Crippen LogP contribution in [0.5, 0.6) is 0 Å².